The Morgan fingerprint density at radius 3 is 2.78 bits per heavy atom. The van der Waals surface area contributed by atoms with Crippen molar-refractivity contribution in [3.05, 3.63) is 46.6 Å². The number of rotatable bonds is 5. The molecule has 23 heavy (non-hydrogen) atoms. The minimum absolute atomic E-state index is 0.121. The summed E-state index contributed by atoms with van der Waals surface area (Å²) in [6.45, 7) is 4.17. The highest BCUT2D eigenvalue weighted by Gasteiger charge is 2.13. The van der Waals surface area contributed by atoms with Gasteiger partial charge in [-0.2, -0.15) is 0 Å². The molecule has 1 unspecified atom stereocenters. The van der Waals surface area contributed by atoms with Gasteiger partial charge in [-0.15, -0.1) is 5.10 Å². The van der Waals surface area contributed by atoms with Crippen molar-refractivity contribution in [2.75, 3.05) is 0 Å². The van der Waals surface area contributed by atoms with Gasteiger partial charge in [0.1, 0.15) is 0 Å². The Balaban J connectivity index is 2.01. The molecule has 0 aliphatic heterocycles. The highest BCUT2D eigenvalue weighted by Crippen LogP contribution is 2.30. The first-order valence-electron chi connectivity index (χ1n) is 7.55. The topological polar surface area (TPSA) is 39.4 Å². The van der Waals surface area contributed by atoms with Crippen LogP contribution in [0, 0.1) is 0 Å². The molecule has 1 atom stereocenters. The van der Waals surface area contributed by atoms with Gasteiger partial charge in [-0.25, -0.2) is 9.50 Å². The first-order chi connectivity index (χ1) is 11.1. The van der Waals surface area contributed by atoms with Crippen molar-refractivity contribution < 1.29 is 4.74 Å². The molecule has 4 nitrogen and oxygen atoms in total. The molecule has 0 spiro atoms. The molecule has 0 N–H and O–H groups in total. The summed E-state index contributed by atoms with van der Waals surface area (Å²) in [5, 5.41) is 5.69. The molecule has 2 heterocycles. The van der Waals surface area contributed by atoms with Gasteiger partial charge in [0, 0.05) is 16.7 Å². The minimum atomic E-state index is 0.121. The largest absolute Gasteiger partial charge is 0.474 e. The lowest BCUT2D eigenvalue weighted by molar-refractivity contribution is 0.199. The maximum atomic E-state index is 6.30. The molecule has 1 aromatic carbocycles. The number of hydrogen-bond donors (Lipinski definition) is 0. The van der Waals surface area contributed by atoms with Crippen molar-refractivity contribution in [1.29, 1.82) is 0 Å². The summed E-state index contributed by atoms with van der Waals surface area (Å²) in [6, 6.07) is 9.09. The summed E-state index contributed by atoms with van der Waals surface area (Å²) in [5.74, 6) is 0.572. The summed E-state index contributed by atoms with van der Waals surface area (Å²) < 4.78 is 7.60. The zero-order valence-corrected chi connectivity index (χ0v) is 14.5. The second-order valence-electron chi connectivity index (χ2n) is 5.43. The van der Waals surface area contributed by atoms with Crippen LogP contribution in [0.2, 0.25) is 10.0 Å². The van der Waals surface area contributed by atoms with E-state index < -0.39 is 0 Å². The van der Waals surface area contributed by atoms with Crippen LogP contribution in [0.15, 0.2) is 36.5 Å². The molecule has 3 rings (SSSR count). The fraction of sp³-hybridized carbons (Fsp3) is 0.294. The zero-order chi connectivity index (χ0) is 16.4. The lowest BCUT2D eigenvalue weighted by atomic mass is 10.2. The fourth-order valence-corrected chi connectivity index (χ4v) is 2.98. The Kier molecular flexibility index (Phi) is 4.74. The van der Waals surface area contributed by atoms with E-state index in [0.29, 0.717) is 15.9 Å². The highest BCUT2D eigenvalue weighted by molar-refractivity contribution is 6.36. The normalized spacial score (nSPS) is 12.5. The molecule has 6 heteroatoms. The van der Waals surface area contributed by atoms with Gasteiger partial charge >= 0.3 is 0 Å². The monoisotopic (exact) mass is 349 g/mol. The van der Waals surface area contributed by atoms with Crippen LogP contribution in [0.4, 0.5) is 0 Å². The first kappa shape index (κ1) is 16.1. The molecule has 120 valence electrons. The van der Waals surface area contributed by atoms with Gasteiger partial charge in [-0.05, 0) is 37.6 Å². The van der Waals surface area contributed by atoms with E-state index in [1.807, 2.05) is 25.1 Å². The Bertz CT molecular complexity index is 832. The van der Waals surface area contributed by atoms with E-state index in [2.05, 4.69) is 17.0 Å². The average molecular weight is 350 g/mol. The molecule has 0 aliphatic carbocycles. The summed E-state index contributed by atoms with van der Waals surface area (Å²) in [5.41, 5.74) is 2.37. The molecule has 3 aromatic rings. The second kappa shape index (κ2) is 6.77. The number of hydrogen-bond acceptors (Lipinski definition) is 3. The fourth-order valence-electron chi connectivity index (χ4n) is 2.47. The van der Waals surface area contributed by atoms with Gasteiger partial charge in [-0.1, -0.05) is 36.5 Å². The van der Waals surface area contributed by atoms with Crippen molar-refractivity contribution in [1.82, 2.24) is 14.6 Å². The van der Waals surface area contributed by atoms with Gasteiger partial charge in [0.2, 0.25) is 5.88 Å². The van der Waals surface area contributed by atoms with Crippen molar-refractivity contribution in [2.45, 2.75) is 32.8 Å². The van der Waals surface area contributed by atoms with Gasteiger partial charge in [-0.3, -0.25) is 0 Å². The van der Waals surface area contributed by atoms with E-state index in [-0.39, 0.29) is 6.10 Å². The zero-order valence-electron chi connectivity index (χ0n) is 13.0. The van der Waals surface area contributed by atoms with E-state index in [0.717, 1.165) is 29.7 Å². The van der Waals surface area contributed by atoms with Gasteiger partial charge in [0.25, 0.3) is 0 Å². The average Bonchev–Trinajstić information content (AvgIpc) is 2.90. The highest BCUT2D eigenvalue weighted by atomic mass is 35.5. The first-order valence-corrected chi connectivity index (χ1v) is 8.31. The summed E-state index contributed by atoms with van der Waals surface area (Å²) >= 11 is 12.3. The molecule has 0 saturated heterocycles. The number of benzene rings is 1. The summed E-state index contributed by atoms with van der Waals surface area (Å²) in [6.07, 6.45) is 3.92. The Morgan fingerprint density at radius 2 is 2.04 bits per heavy atom. The van der Waals surface area contributed by atoms with Gasteiger partial charge in [0.15, 0.2) is 5.65 Å². The van der Waals surface area contributed by atoms with Crippen LogP contribution in [-0.4, -0.2) is 20.7 Å². The SMILES string of the molecule is CCCC(C)Oc1ccc2ncc(-c3ccc(Cl)cc3Cl)n2n1. The Labute approximate surface area is 145 Å². The third-order valence-electron chi connectivity index (χ3n) is 3.56. The van der Waals surface area contributed by atoms with Crippen molar-refractivity contribution in [3.8, 4) is 17.1 Å². The second-order valence-corrected chi connectivity index (χ2v) is 6.27. The number of imidazole rings is 1. The Hall–Kier alpha value is -1.78. The molecule has 0 bridgehead atoms. The molecule has 0 saturated carbocycles. The third kappa shape index (κ3) is 3.43. The number of ether oxygens (including phenoxy) is 1. The van der Waals surface area contributed by atoms with Crippen molar-refractivity contribution >= 4 is 28.8 Å². The van der Waals surface area contributed by atoms with Gasteiger partial charge < -0.3 is 4.74 Å². The Morgan fingerprint density at radius 1 is 1.22 bits per heavy atom. The van der Waals surface area contributed by atoms with Crippen molar-refractivity contribution in [2.24, 2.45) is 0 Å². The van der Waals surface area contributed by atoms with E-state index in [1.165, 1.54) is 0 Å². The van der Waals surface area contributed by atoms with Crippen LogP contribution in [0.5, 0.6) is 5.88 Å². The van der Waals surface area contributed by atoms with E-state index in [4.69, 9.17) is 27.9 Å². The number of halogens is 2. The molecular weight excluding hydrogens is 333 g/mol. The standard InChI is InChI=1S/C17H17Cl2N3O/c1-3-4-11(2)23-17-8-7-16-20-10-15(22(16)21-17)13-6-5-12(18)9-14(13)19/h5-11H,3-4H2,1-2H3. The lowest BCUT2D eigenvalue weighted by Crippen LogP contribution is -2.12. The van der Waals surface area contributed by atoms with E-state index in [9.17, 15) is 0 Å². The van der Waals surface area contributed by atoms with Crippen LogP contribution in [-0.2, 0) is 0 Å². The molecule has 0 aliphatic rings. The lowest BCUT2D eigenvalue weighted by Gasteiger charge is -2.13. The number of aromatic nitrogens is 3. The smallest absolute Gasteiger partial charge is 0.232 e. The summed E-state index contributed by atoms with van der Waals surface area (Å²) in [4.78, 5) is 4.37. The quantitative estimate of drug-likeness (QED) is 0.629. The van der Waals surface area contributed by atoms with E-state index >= 15 is 0 Å². The molecule has 2 aromatic heterocycles. The minimum Gasteiger partial charge on any atom is -0.474 e. The third-order valence-corrected chi connectivity index (χ3v) is 4.11. The number of fused-ring (bicyclic) bond motifs is 1. The maximum absolute atomic E-state index is 6.30. The predicted octanol–water partition coefficient (Wildman–Crippen LogP) is 5.27. The molecule has 0 fully saturated rings. The summed E-state index contributed by atoms with van der Waals surface area (Å²) in [7, 11) is 0. The van der Waals surface area contributed by atoms with Crippen LogP contribution in [0.1, 0.15) is 26.7 Å². The molecule has 0 radical (unpaired) electrons. The van der Waals surface area contributed by atoms with Crippen LogP contribution in [0.25, 0.3) is 16.9 Å². The van der Waals surface area contributed by atoms with Crippen LogP contribution < -0.4 is 4.74 Å². The van der Waals surface area contributed by atoms with Crippen molar-refractivity contribution in [3.63, 3.8) is 0 Å². The van der Waals surface area contributed by atoms with Crippen LogP contribution in [0.3, 0.4) is 0 Å². The van der Waals surface area contributed by atoms with Gasteiger partial charge in [0.05, 0.1) is 23.0 Å². The predicted molar refractivity (Wildman–Crippen MR) is 93.4 cm³/mol. The van der Waals surface area contributed by atoms with E-state index in [1.54, 1.807) is 22.8 Å². The maximum Gasteiger partial charge on any atom is 0.232 e. The molecule has 0 amide bonds. The van der Waals surface area contributed by atoms with Crippen LogP contribution >= 0.6 is 23.2 Å². The number of nitrogens with zero attached hydrogens (tertiary/aromatic N) is 3. The molecular formula is C17H17Cl2N3O.